The number of thioether (sulfide) groups is 1. The number of aromatic nitrogens is 4. The second-order valence-corrected chi connectivity index (χ2v) is 6.12. The zero-order chi connectivity index (χ0) is 14.8. The van der Waals surface area contributed by atoms with Crippen LogP contribution in [0.1, 0.15) is 0 Å². The Hall–Kier alpha value is -1.67. The number of aryl methyl sites for hydroxylation is 1. The first kappa shape index (κ1) is 14.3. The topological polar surface area (TPSA) is 67.2 Å². The van der Waals surface area contributed by atoms with E-state index in [9.17, 15) is 4.79 Å². The minimum absolute atomic E-state index is 0.170. The molecule has 112 valence electrons. The molecule has 0 aromatic carbocycles. The molecule has 2 aromatic rings. The Kier molecular flexibility index (Phi) is 4.07. The smallest absolute Gasteiger partial charge is 0.233 e. The zero-order valence-electron chi connectivity index (χ0n) is 12.2. The lowest BCUT2D eigenvalue weighted by Crippen LogP contribution is -2.47. The zero-order valence-corrected chi connectivity index (χ0v) is 13.0. The molecule has 1 amide bonds. The second-order valence-electron chi connectivity index (χ2n) is 5.16. The fourth-order valence-corrected chi connectivity index (χ4v) is 3.20. The Bertz CT molecular complexity index is 649. The lowest BCUT2D eigenvalue weighted by atomic mass is 10.3. The number of nitrogens with zero attached hydrogens (tertiary/aromatic N) is 6. The van der Waals surface area contributed by atoms with Crippen molar-refractivity contribution in [3.05, 3.63) is 12.5 Å². The van der Waals surface area contributed by atoms with Gasteiger partial charge in [0.25, 0.3) is 0 Å². The maximum absolute atomic E-state index is 12.2. The highest BCUT2D eigenvalue weighted by atomic mass is 32.2. The van der Waals surface area contributed by atoms with Crippen LogP contribution >= 0.6 is 11.8 Å². The van der Waals surface area contributed by atoms with Crippen molar-refractivity contribution >= 4 is 28.7 Å². The molecule has 1 aliphatic rings. The largest absolute Gasteiger partial charge is 0.339 e. The lowest BCUT2D eigenvalue weighted by Gasteiger charge is -2.32. The third kappa shape index (κ3) is 3.01. The van der Waals surface area contributed by atoms with Crippen molar-refractivity contribution in [2.24, 2.45) is 7.05 Å². The molecule has 1 aliphatic heterocycles. The molecule has 8 heteroatoms. The highest BCUT2D eigenvalue weighted by molar-refractivity contribution is 8.00. The van der Waals surface area contributed by atoms with Crippen LogP contribution in [-0.2, 0) is 11.8 Å². The molecule has 7 nitrogen and oxygen atoms in total. The lowest BCUT2D eigenvalue weighted by molar-refractivity contribution is -0.129. The molecule has 3 rings (SSSR count). The van der Waals surface area contributed by atoms with Crippen molar-refractivity contribution < 1.29 is 4.79 Å². The van der Waals surface area contributed by atoms with Gasteiger partial charge in [0.05, 0.1) is 17.3 Å². The van der Waals surface area contributed by atoms with Crippen molar-refractivity contribution in [3.8, 4) is 0 Å². The van der Waals surface area contributed by atoms with E-state index in [2.05, 4.69) is 27.0 Å². The van der Waals surface area contributed by atoms with Crippen LogP contribution < -0.4 is 0 Å². The number of amides is 1. The second kappa shape index (κ2) is 5.98. The van der Waals surface area contributed by atoms with Gasteiger partial charge in [-0.3, -0.25) is 9.48 Å². The molecule has 1 fully saturated rings. The molecule has 0 spiro atoms. The van der Waals surface area contributed by atoms with Gasteiger partial charge < -0.3 is 9.80 Å². The fourth-order valence-electron chi connectivity index (χ4n) is 2.33. The van der Waals surface area contributed by atoms with Crippen LogP contribution in [0.5, 0.6) is 0 Å². The van der Waals surface area contributed by atoms with E-state index in [0.717, 1.165) is 42.2 Å². The number of piperazine rings is 1. The van der Waals surface area contributed by atoms with Crippen LogP contribution in [0.3, 0.4) is 0 Å². The van der Waals surface area contributed by atoms with Crippen LogP contribution in [-0.4, -0.2) is 74.4 Å². The Morgan fingerprint density at radius 2 is 2.00 bits per heavy atom. The number of hydrogen-bond acceptors (Lipinski definition) is 6. The summed E-state index contributed by atoms with van der Waals surface area (Å²) < 4.78 is 1.71. The van der Waals surface area contributed by atoms with Gasteiger partial charge in [-0.05, 0) is 7.05 Å². The van der Waals surface area contributed by atoms with E-state index in [4.69, 9.17) is 0 Å². The number of hydrogen-bond donors (Lipinski definition) is 0. The number of likely N-dealkylation sites (N-methyl/N-ethyl adjacent to an activating group) is 1. The van der Waals surface area contributed by atoms with Gasteiger partial charge in [0, 0.05) is 33.2 Å². The van der Waals surface area contributed by atoms with E-state index in [0.29, 0.717) is 5.75 Å². The van der Waals surface area contributed by atoms with E-state index >= 15 is 0 Å². The summed E-state index contributed by atoms with van der Waals surface area (Å²) in [5.41, 5.74) is 0.791. The summed E-state index contributed by atoms with van der Waals surface area (Å²) in [6.45, 7) is 3.50. The average Bonchev–Trinajstić information content (AvgIpc) is 2.88. The van der Waals surface area contributed by atoms with Crippen molar-refractivity contribution in [2.75, 3.05) is 39.0 Å². The molecule has 2 aromatic heterocycles. The van der Waals surface area contributed by atoms with Crippen LogP contribution in [0.4, 0.5) is 0 Å². The van der Waals surface area contributed by atoms with E-state index in [1.807, 2.05) is 11.9 Å². The molecule has 0 N–H and O–H groups in total. The van der Waals surface area contributed by atoms with Crippen LogP contribution in [0.15, 0.2) is 17.6 Å². The first-order valence-corrected chi connectivity index (χ1v) is 7.85. The fraction of sp³-hybridized carbons (Fsp3) is 0.538. The summed E-state index contributed by atoms with van der Waals surface area (Å²) in [5, 5.41) is 5.90. The molecule has 1 saturated heterocycles. The van der Waals surface area contributed by atoms with Crippen LogP contribution in [0, 0.1) is 0 Å². The van der Waals surface area contributed by atoms with Crippen molar-refractivity contribution in [2.45, 2.75) is 5.03 Å². The Morgan fingerprint density at radius 1 is 1.24 bits per heavy atom. The molecule has 0 aliphatic carbocycles. The Balaban J connectivity index is 1.65. The van der Waals surface area contributed by atoms with Crippen molar-refractivity contribution in [3.63, 3.8) is 0 Å². The van der Waals surface area contributed by atoms with Gasteiger partial charge in [-0.2, -0.15) is 5.10 Å². The minimum atomic E-state index is 0.170. The van der Waals surface area contributed by atoms with Crippen molar-refractivity contribution in [1.29, 1.82) is 0 Å². The molecule has 0 saturated carbocycles. The van der Waals surface area contributed by atoms with Gasteiger partial charge in [-0.1, -0.05) is 11.8 Å². The average molecular weight is 306 g/mol. The first-order chi connectivity index (χ1) is 10.1. The molecule has 21 heavy (non-hydrogen) atoms. The summed E-state index contributed by atoms with van der Waals surface area (Å²) in [5.74, 6) is 0.578. The number of carbonyl (C=O) groups excluding carboxylic acids is 1. The summed E-state index contributed by atoms with van der Waals surface area (Å²) in [6.07, 6.45) is 3.27. The molecule has 0 unspecified atom stereocenters. The number of fused-ring (bicyclic) bond motifs is 1. The molecule has 0 radical (unpaired) electrons. The summed E-state index contributed by atoms with van der Waals surface area (Å²) in [6, 6.07) is 0. The molecular weight excluding hydrogens is 288 g/mol. The van der Waals surface area contributed by atoms with Gasteiger partial charge in [0.2, 0.25) is 5.91 Å². The van der Waals surface area contributed by atoms with Crippen molar-refractivity contribution in [1.82, 2.24) is 29.5 Å². The number of carbonyl (C=O) groups is 1. The number of rotatable bonds is 3. The van der Waals surface area contributed by atoms with Crippen LogP contribution in [0.25, 0.3) is 11.0 Å². The monoisotopic (exact) mass is 306 g/mol. The highest BCUT2D eigenvalue weighted by Crippen LogP contribution is 2.24. The quantitative estimate of drug-likeness (QED) is 0.597. The van der Waals surface area contributed by atoms with E-state index in [-0.39, 0.29) is 5.91 Å². The van der Waals surface area contributed by atoms with Crippen LogP contribution in [0.2, 0.25) is 0 Å². The van der Waals surface area contributed by atoms with Gasteiger partial charge >= 0.3 is 0 Å². The summed E-state index contributed by atoms with van der Waals surface area (Å²) in [4.78, 5) is 24.9. The predicted molar refractivity (Wildman–Crippen MR) is 81.1 cm³/mol. The molecular formula is C13H18N6OS. The summed E-state index contributed by atoms with van der Waals surface area (Å²) in [7, 11) is 3.93. The molecule has 3 heterocycles. The molecule has 0 bridgehead atoms. The Labute approximate surface area is 127 Å². The van der Waals surface area contributed by atoms with E-state index < -0.39 is 0 Å². The third-order valence-electron chi connectivity index (χ3n) is 3.68. The normalized spacial score (nSPS) is 16.6. The van der Waals surface area contributed by atoms with E-state index in [1.54, 1.807) is 10.9 Å². The Morgan fingerprint density at radius 3 is 2.76 bits per heavy atom. The highest BCUT2D eigenvalue weighted by Gasteiger charge is 2.19. The SMILES string of the molecule is CN1CCN(C(=O)CSc2ncnc3c2cnn3C)CC1. The van der Waals surface area contributed by atoms with Gasteiger partial charge in [0.1, 0.15) is 11.4 Å². The van der Waals surface area contributed by atoms with E-state index in [1.165, 1.54) is 18.1 Å². The standard InChI is InChI=1S/C13H18N6OS/c1-17-3-5-19(6-4-17)11(20)8-21-13-10-7-16-18(2)12(10)14-9-15-13/h7,9H,3-6,8H2,1-2H3. The van der Waals surface area contributed by atoms with Gasteiger partial charge in [-0.15, -0.1) is 0 Å². The maximum Gasteiger partial charge on any atom is 0.233 e. The third-order valence-corrected chi connectivity index (χ3v) is 4.67. The minimum Gasteiger partial charge on any atom is -0.339 e. The van der Waals surface area contributed by atoms with Gasteiger partial charge in [-0.25, -0.2) is 9.97 Å². The predicted octanol–water partition coefficient (Wildman–Crippen LogP) is 0.229. The van der Waals surface area contributed by atoms with Gasteiger partial charge in [0.15, 0.2) is 5.65 Å². The maximum atomic E-state index is 12.2. The summed E-state index contributed by atoms with van der Waals surface area (Å²) >= 11 is 1.46. The first-order valence-electron chi connectivity index (χ1n) is 6.87. The molecule has 0 atom stereocenters.